The van der Waals surface area contributed by atoms with Crippen molar-refractivity contribution in [2.45, 2.75) is 38.3 Å². The monoisotopic (exact) mass is 378 g/mol. The minimum Gasteiger partial charge on any atom is -0.342 e. The predicted molar refractivity (Wildman–Crippen MR) is 94.9 cm³/mol. The van der Waals surface area contributed by atoms with E-state index in [1.54, 1.807) is 24.8 Å². The summed E-state index contributed by atoms with van der Waals surface area (Å²) in [6, 6.07) is 5.09. The maximum Gasteiger partial charge on any atom is 0.416 e. The minimum atomic E-state index is -4.40. The Bertz CT molecular complexity index is 582. The van der Waals surface area contributed by atoms with Gasteiger partial charge in [-0.3, -0.25) is 4.79 Å². The molecular weight excluding hydrogens is 353 g/mol. The topological polar surface area (TPSA) is 32.3 Å². The summed E-state index contributed by atoms with van der Waals surface area (Å²) in [4.78, 5) is 14.7. The molecule has 1 aliphatic heterocycles. The van der Waals surface area contributed by atoms with E-state index in [1.807, 2.05) is 7.05 Å². The smallest absolute Gasteiger partial charge is 0.342 e. The third kappa shape index (κ3) is 5.11. The summed E-state index contributed by atoms with van der Waals surface area (Å²) in [6.45, 7) is 5.65. The van der Waals surface area contributed by atoms with E-state index in [-0.39, 0.29) is 18.3 Å². The highest BCUT2D eigenvalue weighted by Gasteiger charge is 2.37. The molecule has 1 aromatic carbocycles. The molecule has 0 bridgehead atoms. The number of alkyl halides is 3. The number of benzene rings is 1. The van der Waals surface area contributed by atoms with Crippen LogP contribution in [0.15, 0.2) is 24.3 Å². The first-order valence-electron chi connectivity index (χ1n) is 8.28. The Morgan fingerprint density at radius 2 is 1.76 bits per heavy atom. The molecule has 1 heterocycles. The van der Waals surface area contributed by atoms with Crippen molar-refractivity contribution in [2.24, 2.45) is 5.92 Å². The first-order chi connectivity index (χ1) is 11.2. The van der Waals surface area contributed by atoms with E-state index >= 15 is 0 Å². The number of hydrogen-bond acceptors (Lipinski definition) is 2. The normalized spacial score (nSPS) is 16.5. The molecule has 0 radical (unpaired) electrons. The number of piperidine rings is 1. The Kier molecular flexibility index (Phi) is 7.32. The van der Waals surface area contributed by atoms with Crippen LogP contribution in [0.2, 0.25) is 0 Å². The summed E-state index contributed by atoms with van der Waals surface area (Å²) >= 11 is 0. The first-order valence-corrected chi connectivity index (χ1v) is 8.28. The van der Waals surface area contributed by atoms with E-state index in [4.69, 9.17) is 0 Å². The van der Waals surface area contributed by atoms with Crippen LogP contribution >= 0.6 is 12.4 Å². The third-order valence-corrected chi connectivity index (χ3v) is 4.84. The minimum absolute atomic E-state index is 0. The molecule has 0 spiro atoms. The van der Waals surface area contributed by atoms with Gasteiger partial charge in [-0.25, -0.2) is 0 Å². The Hall–Kier alpha value is -1.27. The Balaban J connectivity index is 0.00000312. The number of hydrogen-bond donors (Lipinski definition) is 1. The number of rotatable bonds is 4. The Labute approximate surface area is 153 Å². The van der Waals surface area contributed by atoms with Gasteiger partial charge in [0, 0.05) is 13.1 Å². The number of halogens is 4. The molecule has 0 unspecified atom stereocenters. The van der Waals surface area contributed by atoms with E-state index in [2.05, 4.69) is 5.32 Å². The van der Waals surface area contributed by atoms with Gasteiger partial charge in [0.2, 0.25) is 5.91 Å². The molecule has 0 aromatic heterocycles. The zero-order valence-corrected chi connectivity index (χ0v) is 15.6. The van der Waals surface area contributed by atoms with E-state index in [1.165, 1.54) is 6.07 Å². The van der Waals surface area contributed by atoms with Crippen molar-refractivity contribution in [3.63, 3.8) is 0 Å². The van der Waals surface area contributed by atoms with Gasteiger partial charge in [-0.2, -0.15) is 13.2 Å². The molecule has 1 aromatic rings. The van der Waals surface area contributed by atoms with Crippen LogP contribution < -0.4 is 5.32 Å². The molecule has 1 amide bonds. The molecule has 1 saturated heterocycles. The van der Waals surface area contributed by atoms with Crippen molar-refractivity contribution in [1.82, 2.24) is 10.2 Å². The van der Waals surface area contributed by atoms with Gasteiger partial charge in [0.1, 0.15) is 0 Å². The molecule has 1 fully saturated rings. The lowest BCUT2D eigenvalue weighted by atomic mass is 9.81. The summed E-state index contributed by atoms with van der Waals surface area (Å²) in [6.07, 6.45) is -2.56. The van der Waals surface area contributed by atoms with Crippen LogP contribution in [0.25, 0.3) is 0 Å². The lowest BCUT2D eigenvalue weighted by molar-refractivity contribution is -0.139. The number of likely N-dealkylation sites (tertiary alicyclic amines) is 1. The van der Waals surface area contributed by atoms with Crippen LogP contribution in [0.1, 0.15) is 37.8 Å². The number of carbonyl (C=O) groups excluding carboxylic acids is 1. The largest absolute Gasteiger partial charge is 0.416 e. The van der Waals surface area contributed by atoms with Gasteiger partial charge >= 0.3 is 6.18 Å². The van der Waals surface area contributed by atoms with Gasteiger partial charge in [0.25, 0.3) is 0 Å². The van der Waals surface area contributed by atoms with Gasteiger partial charge < -0.3 is 10.2 Å². The third-order valence-electron chi connectivity index (χ3n) is 4.84. The number of carbonyl (C=O) groups is 1. The van der Waals surface area contributed by atoms with Gasteiger partial charge in [-0.15, -0.1) is 12.4 Å². The molecule has 7 heteroatoms. The van der Waals surface area contributed by atoms with E-state index < -0.39 is 17.2 Å². The molecule has 1 aliphatic rings. The zero-order valence-electron chi connectivity index (χ0n) is 14.8. The molecule has 0 aliphatic carbocycles. The molecule has 0 saturated carbocycles. The average molecular weight is 379 g/mol. The summed E-state index contributed by atoms with van der Waals surface area (Å²) in [5.74, 6) is 0.445. The van der Waals surface area contributed by atoms with Crippen LogP contribution in [0.5, 0.6) is 0 Å². The van der Waals surface area contributed by atoms with Crippen molar-refractivity contribution < 1.29 is 18.0 Å². The van der Waals surface area contributed by atoms with Crippen molar-refractivity contribution in [3.05, 3.63) is 35.4 Å². The lowest BCUT2D eigenvalue weighted by Crippen LogP contribution is -2.47. The lowest BCUT2D eigenvalue weighted by Gasteiger charge is -2.37. The summed E-state index contributed by atoms with van der Waals surface area (Å²) in [5.41, 5.74) is -1.29. The van der Waals surface area contributed by atoms with Crippen molar-refractivity contribution in [1.29, 1.82) is 0 Å². The fourth-order valence-electron chi connectivity index (χ4n) is 3.23. The zero-order chi connectivity index (χ0) is 18.0. The average Bonchev–Trinajstić information content (AvgIpc) is 2.54. The standard InChI is InChI=1S/C18H25F3N2O.ClH/c1-17(2,14-5-4-6-15(11-14)18(19,20)21)16(24)23-9-7-13(8-10-23)12-22-3;/h4-6,11,13,22H,7-10,12H2,1-3H3;1H. The Morgan fingerprint density at radius 3 is 2.28 bits per heavy atom. The molecule has 3 nitrogen and oxygen atoms in total. The fourth-order valence-corrected chi connectivity index (χ4v) is 3.23. The molecule has 142 valence electrons. The summed E-state index contributed by atoms with van der Waals surface area (Å²) < 4.78 is 38.8. The van der Waals surface area contributed by atoms with E-state index in [9.17, 15) is 18.0 Å². The summed E-state index contributed by atoms with van der Waals surface area (Å²) in [5, 5.41) is 3.15. The second kappa shape index (κ2) is 8.41. The Morgan fingerprint density at radius 1 is 1.20 bits per heavy atom. The predicted octanol–water partition coefficient (Wildman–Crippen LogP) is 3.86. The van der Waals surface area contributed by atoms with Crippen LogP contribution in [0, 0.1) is 5.92 Å². The molecule has 1 N–H and O–H groups in total. The van der Waals surface area contributed by atoms with Crippen LogP contribution in [0.4, 0.5) is 13.2 Å². The van der Waals surface area contributed by atoms with Crippen LogP contribution in [0.3, 0.4) is 0 Å². The first kappa shape index (κ1) is 21.8. The maximum absolute atomic E-state index is 12.9. The molecular formula is C18H26ClF3N2O. The second-order valence-electron chi connectivity index (χ2n) is 7.00. The molecule has 2 rings (SSSR count). The summed E-state index contributed by atoms with van der Waals surface area (Å²) in [7, 11) is 1.91. The highest BCUT2D eigenvalue weighted by Crippen LogP contribution is 2.34. The van der Waals surface area contributed by atoms with E-state index in [0.29, 0.717) is 24.6 Å². The number of nitrogens with zero attached hydrogens (tertiary/aromatic N) is 1. The van der Waals surface area contributed by atoms with Crippen LogP contribution in [-0.2, 0) is 16.4 Å². The van der Waals surface area contributed by atoms with Gasteiger partial charge in [-0.05, 0) is 57.8 Å². The van der Waals surface area contributed by atoms with E-state index in [0.717, 1.165) is 31.5 Å². The number of amides is 1. The van der Waals surface area contributed by atoms with Gasteiger partial charge in [0.15, 0.2) is 0 Å². The van der Waals surface area contributed by atoms with Gasteiger partial charge in [-0.1, -0.05) is 18.2 Å². The SMILES string of the molecule is CNCC1CCN(C(=O)C(C)(C)c2cccc(C(F)(F)F)c2)CC1.Cl. The quantitative estimate of drug-likeness (QED) is 0.862. The second-order valence-corrected chi connectivity index (χ2v) is 7.00. The van der Waals surface area contributed by atoms with Crippen molar-refractivity contribution in [2.75, 3.05) is 26.7 Å². The molecule has 25 heavy (non-hydrogen) atoms. The fraction of sp³-hybridized carbons (Fsp3) is 0.611. The van der Waals surface area contributed by atoms with Crippen molar-refractivity contribution >= 4 is 18.3 Å². The van der Waals surface area contributed by atoms with Crippen LogP contribution in [-0.4, -0.2) is 37.5 Å². The molecule has 0 atom stereocenters. The highest BCUT2D eigenvalue weighted by molar-refractivity contribution is 5.87. The van der Waals surface area contributed by atoms with Crippen molar-refractivity contribution in [3.8, 4) is 0 Å². The number of nitrogens with one attached hydrogen (secondary N) is 1. The highest BCUT2D eigenvalue weighted by atomic mass is 35.5. The van der Waals surface area contributed by atoms with Gasteiger partial charge in [0.05, 0.1) is 11.0 Å². The maximum atomic E-state index is 12.9.